The molecule has 1 amide bonds. The topological polar surface area (TPSA) is 121 Å². The molecule has 0 aliphatic carbocycles. The molecule has 28 heavy (non-hydrogen) atoms. The van der Waals surface area contributed by atoms with E-state index in [1.54, 1.807) is 42.8 Å². The number of nitro groups is 1. The van der Waals surface area contributed by atoms with Gasteiger partial charge in [-0.2, -0.15) is 0 Å². The summed E-state index contributed by atoms with van der Waals surface area (Å²) in [5.74, 6) is 0.778. The molecule has 0 aliphatic rings. The number of aryl methyl sites for hydroxylation is 1. The fourth-order valence-electron chi connectivity index (χ4n) is 2.43. The number of anilines is 1. The van der Waals surface area contributed by atoms with Gasteiger partial charge in [0.2, 0.25) is 5.91 Å². The first kappa shape index (κ1) is 19.8. The monoisotopic (exact) mass is 421 g/mol. The summed E-state index contributed by atoms with van der Waals surface area (Å²) in [5.41, 5.74) is 0.538. The number of nitrogens with one attached hydrogen (secondary N) is 1. The summed E-state index contributed by atoms with van der Waals surface area (Å²) in [6.07, 6.45) is 1.21. The lowest BCUT2D eigenvalue weighted by Crippen LogP contribution is -2.15. The molecule has 3 aromatic rings. The van der Waals surface area contributed by atoms with Crippen LogP contribution >= 0.6 is 23.4 Å². The van der Waals surface area contributed by atoms with Gasteiger partial charge in [-0.15, -0.1) is 10.2 Å². The van der Waals surface area contributed by atoms with Crippen LogP contribution in [0.5, 0.6) is 0 Å². The first-order valence-corrected chi connectivity index (χ1v) is 9.45. The van der Waals surface area contributed by atoms with Crippen molar-refractivity contribution >= 4 is 40.8 Å². The lowest BCUT2D eigenvalue weighted by atomic mass is 10.3. The maximum Gasteiger partial charge on any atom is 0.343 e. The molecule has 0 aliphatic heterocycles. The Bertz CT molecular complexity index is 1030. The second-order valence-corrected chi connectivity index (χ2v) is 7.13. The molecule has 2 heterocycles. The van der Waals surface area contributed by atoms with Crippen LogP contribution in [0.4, 0.5) is 11.5 Å². The van der Waals surface area contributed by atoms with Gasteiger partial charge < -0.3 is 20.0 Å². The Kier molecular flexibility index (Phi) is 5.95. The number of thioether (sulfide) groups is 1. The number of amides is 1. The van der Waals surface area contributed by atoms with Crippen molar-refractivity contribution in [2.45, 2.75) is 18.6 Å². The van der Waals surface area contributed by atoms with Crippen LogP contribution in [0, 0.1) is 17.0 Å². The van der Waals surface area contributed by atoms with Crippen LogP contribution < -0.4 is 5.32 Å². The molecule has 0 atom stereocenters. The van der Waals surface area contributed by atoms with Gasteiger partial charge in [-0.05, 0) is 17.1 Å². The highest BCUT2D eigenvalue weighted by molar-refractivity contribution is 7.99. The number of rotatable bonds is 7. The number of nitrogens with zero attached hydrogens (tertiary/aromatic N) is 6. The number of carbonyl (C=O) groups excluding carboxylic acids is 1. The molecular weight excluding hydrogens is 406 g/mol. The molecule has 2 aromatic heterocycles. The molecule has 0 radical (unpaired) electrons. The number of hydrogen-bond acceptors (Lipinski definition) is 7. The maximum absolute atomic E-state index is 12.1. The second kappa shape index (κ2) is 8.40. The summed E-state index contributed by atoms with van der Waals surface area (Å²) < 4.78 is 3.14. The predicted molar refractivity (Wildman–Crippen MR) is 105 cm³/mol. The van der Waals surface area contributed by atoms with E-state index in [4.69, 9.17) is 11.6 Å². The molecule has 12 heteroatoms. The number of para-hydroxylation sites is 1. The van der Waals surface area contributed by atoms with Crippen LogP contribution in [-0.4, -0.2) is 40.9 Å². The summed E-state index contributed by atoms with van der Waals surface area (Å²) in [5, 5.41) is 23.0. The van der Waals surface area contributed by atoms with Crippen LogP contribution in [0.3, 0.4) is 0 Å². The first-order chi connectivity index (χ1) is 13.4. The number of halogens is 1. The molecule has 0 unspecified atom stereocenters. The van der Waals surface area contributed by atoms with E-state index in [2.05, 4.69) is 20.5 Å². The minimum absolute atomic E-state index is 0.113. The Balaban J connectivity index is 1.65. The van der Waals surface area contributed by atoms with E-state index in [0.717, 1.165) is 0 Å². The maximum atomic E-state index is 12.1. The lowest BCUT2D eigenvalue weighted by Gasteiger charge is -2.07. The molecular formula is C16H16ClN7O3S. The third kappa shape index (κ3) is 4.31. The fourth-order valence-corrected chi connectivity index (χ4v) is 3.34. The minimum Gasteiger partial charge on any atom is -0.358 e. The smallest absolute Gasteiger partial charge is 0.343 e. The summed E-state index contributed by atoms with van der Waals surface area (Å²) in [7, 11) is 1.74. The number of hydrogen-bond donors (Lipinski definition) is 1. The highest BCUT2D eigenvalue weighted by atomic mass is 35.5. The quantitative estimate of drug-likeness (QED) is 0.353. The third-order valence-corrected chi connectivity index (χ3v) is 5.28. The Labute approximate surface area is 169 Å². The van der Waals surface area contributed by atoms with Crippen LogP contribution in [0.25, 0.3) is 0 Å². The highest BCUT2D eigenvalue weighted by Gasteiger charge is 2.21. The number of aromatic nitrogens is 5. The number of benzene rings is 1. The zero-order valence-electron chi connectivity index (χ0n) is 15.0. The fraction of sp³-hybridized carbons (Fsp3) is 0.250. The molecule has 1 N–H and O–H groups in total. The Morgan fingerprint density at radius 1 is 1.36 bits per heavy atom. The van der Waals surface area contributed by atoms with Gasteiger partial charge in [0.15, 0.2) is 23.4 Å². The standard InChI is InChI=1S/C16H16ClN7O3S/c1-10-18-7-15(24(26)27)23(10)8-13-20-21-16(22(13)2)28-9-14(25)19-12-6-4-3-5-11(12)17/h3-7H,8-9H2,1-2H3,(H,19,25). The van der Waals surface area contributed by atoms with Gasteiger partial charge in [-0.3, -0.25) is 4.79 Å². The molecule has 1 aromatic carbocycles. The Hall–Kier alpha value is -2.92. The van der Waals surface area contributed by atoms with Crippen molar-refractivity contribution in [1.29, 1.82) is 0 Å². The van der Waals surface area contributed by atoms with Gasteiger partial charge in [0.1, 0.15) is 6.20 Å². The normalized spacial score (nSPS) is 10.8. The second-order valence-electron chi connectivity index (χ2n) is 5.78. The summed E-state index contributed by atoms with van der Waals surface area (Å²) in [6.45, 7) is 1.83. The molecule has 0 fully saturated rings. The van der Waals surface area contributed by atoms with E-state index in [1.807, 2.05) is 0 Å². The third-order valence-electron chi connectivity index (χ3n) is 3.93. The minimum atomic E-state index is -0.495. The lowest BCUT2D eigenvalue weighted by molar-refractivity contribution is -0.392. The predicted octanol–water partition coefficient (Wildman–Crippen LogP) is 2.66. The van der Waals surface area contributed by atoms with Crippen molar-refractivity contribution in [3.05, 3.63) is 57.2 Å². The van der Waals surface area contributed by atoms with Gasteiger partial charge in [0.25, 0.3) is 0 Å². The van der Waals surface area contributed by atoms with E-state index in [0.29, 0.717) is 27.5 Å². The van der Waals surface area contributed by atoms with Crippen LogP contribution in [0.1, 0.15) is 11.6 Å². The SMILES string of the molecule is Cc1ncc([N+](=O)[O-])n1Cc1nnc(SCC(=O)Nc2ccccc2Cl)n1C. The first-order valence-electron chi connectivity index (χ1n) is 8.08. The summed E-state index contributed by atoms with van der Waals surface area (Å²) in [6, 6.07) is 6.96. The van der Waals surface area contributed by atoms with Gasteiger partial charge >= 0.3 is 5.82 Å². The van der Waals surface area contributed by atoms with E-state index in [1.165, 1.54) is 22.5 Å². The zero-order valence-corrected chi connectivity index (χ0v) is 16.6. The van der Waals surface area contributed by atoms with Crippen molar-refractivity contribution in [3.63, 3.8) is 0 Å². The van der Waals surface area contributed by atoms with Crippen molar-refractivity contribution in [1.82, 2.24) is 24.3 Å². The van der Waals surface area contributed by atoms with E-state index in [-0.39, 0.29) is 24.0 Å². The Morgan fingerprint density at radius 2 is 2.11 bits per heavy atom. The highest BCUT2D eigenvalue weighted by Crippen LogP contribution is 2.22. The number of imidazole rings is 1. The van der Waals surface area contributed by atoms with Crippen molar-refractivity contribution in [2.75, 3.05) is 11.1 Å². The van der Waals surface area contributed by atoms with Crippen LogP contribution in [0.2, 0.25) is 5.02 Å². The van der Waals surface area contributed by atoms with Gasteiger partial charge in [0, 0.05) is 14.0 Å². The van der Waals surface area contributed by atoms with Crippen LogP contribution in [0.15, 0.2) is 35.6 Å². The van der Waals surface area contributed by atoms with Gasteiger partial charge in [-0.25, -0.2) is 9.55 Å². The van der Waals surface area contributed by atoms with Gasteiger partial charge in [0.05, 0.1) is 16.5 Å². The Morgan fingerprint density at radius 3 is 2.82 bits per heavy atom. The summed E-state index contributed by atoms with van der Waals surface area (Å²) in [4.78, 5) is 26.7. The zero-order chi connectivity index (χ0) is 20.3. The van der Waals surface area contributed by atoms with E-state index >= 15 is 0 Å². The molecule has 0 saturated heterocycles. The van der Waals surface area contributed by atoms with Crippen molar-refractivity contribution < 1.29 is 9.72 Å². The van der Waals surface area contributed by atoms with E-state index < -0.39 is 4.92 Å². The average Bonchev–Trinajstić information content (AvgIpc) is 3.19. The molecule has 146 valence electrons. The molecule has 0 saturated carbocycles. The van der Waals surface area contributed by atoms with Crippen molar-refractivity contribution in [2.24, 2.45) is 7.05 Å². The molecule has 0 spiro atoms. The molecule has 0 bridgehead atoms. The van der Waals surface area contributed by atoms with Crippen molar-refractivity contribution in [3.8, 4) is 0 Å². The van der Waals surface area contributed by atoms with Crippen LogP contribution in [-0.2, 0) is 18.4 Å². The largest absolute Gasteiger partial charge is 0.358 e. The van der Waals surface area contributed by atoms with Gasteiger partial charge in [-0.1, -0.05) is 35.5 Å². The van der Waals surface area contributed by atoms with E-state index in [9.17, 15) is 14.9 Å². The average molecular weight is 422 g/mol. The number of carbonyl (C=O) groups is 1. The molecule has 10 nitrogen and oxygen atoms in total. The summed E-state index contributed by atoms with van der Waals surface area (Å²) >= 11 is 7.23. The molecule has 3 rings (SSSR count).